The zero-order valence-corrected chi connectivity index (χ0v) is 10.9. The van der Waals surface area contributed by atoms with Crippen LogP contribution in [0.5, 0.6) is 0 Å². The summed E-state index contributed by atoms with van der Waals surface area (Å²) in [7, 11) is 0. The molecular formula is C13H26N2O. The van der Waals surface area contributed by atoms with Gasteiger partial charge < -0.3 is 10.1 Å². The van der Waals surface area contributed by atoms with Gasteiger partial charge >= 0.3 is 0 Å². The van der Waals surface area contributed by atoms with Crippen LogP contribution in [0.1, 0.15) is 40.0 Å². The highest BCUT2D eigenvalue weighted by atomic mass is 16.5. The largest absolute Gasteiger partial charge is 0.377 e. The molecule has 0 aliphatic carbocycles. The molecular weight excluding hydrogens is 200 g/mol. The lowest BCUT2D eigenvalue weighted by atomic mass is 10.0. The van der Waals surface area contributed by atoms with E-state index in [1.54, 1.807) is 0 Å². The van der Waals surface area contributed by atoms with Crippen LogP contribution in [-0.4, -0.2) is 48.8 Å². The first-order valence-corrected chi connectivity index (χ1v) is 6.83. The summed E-state index contributed by atoms with van der Waals surface area (Å²) in [6, 6.07) is 1.99. The Hall–Kier alpha value is -0.120. The summed E-state index contributed by atoms with van der Waals surface area (Å²) in [4.78, 5) is 2.68. The fraction of sp³-hybridized carbons (Fsp3) is 1.00. The first-order chi connectivity index (χ1) is 7.72. The minimum absolute atomic E-state index is 0.419. The van der Waals surface area contributed by atoms with E-state index in [0.717, 1.165) is 13.2 Å². The lowest BCUT2D eigenvalue weighted by molar-refractivity contribution is 0.0353. The van der Waals surface area contributed by atoms with Crippen molar-refractivity contribution in [2.45, 2.75) is 64.3 Å². The average molecular weight is 226 g/mol. The summed E-state index contributed by atoms with van der Waals surface area (Å²) in [5.41, 5.74) is 0. The van der Waals surface area contributed by atoms with E-state index < -0.39 is 0 Å². The van der Waals surface area contributed by atoms with Gasteiger partial charge in [-0.3, -0.25) is 4.90 Å². The summed E-state index contributed by atoms with van der Waals surface area (Å²) >= 11 is 0. The fourth-order valence-electron chi connectivity index (χ4n) is 3.11. The monoisotopic (exact) mass is 226 g/mol. The molecule has 0 aromatic heterocycles. The number of hydrogen-bond donors (Lipinski definition) is 1. The zero-order chi connectivity index (χ0) is 11.5. The topological polar surface area (TPSA) is 24.5 Å². The van der Waals surface area contributed by atoms with Gasteiger partial charge in [-0.15, -0.1) is 0 Å². The van der Waals surface area contributed by atoms with E-state index in [1.807, 2.05) is 0 Å². The number of nitrogens with one attached hydrogen (secondary N) is 1. The Morgan fingerprint density at radius 1 is 1.38 bits per heavy atom. The lowest BCUT2D eigenvalue weighted by Crippen LogP contribution is -2.59. The molecule has 2 aliphatic rings. The minimum Gasteiger partial charge on any atom is -0.377 e. The third-order valence-electron chi connectivity index (χ3n) is 4.10. The van der Waals surface area contributed by atoms with Gasteiger partial charge in [0.05, 0.1) is 6.10 Å². The van der Waals surface area contributed by atoms with Crippen molar-refractivity contribution in [2.75, 3.05) is 19.7 Å². The first kappa shape index (κ1) is 12.3. The van der Waals surface area contributed by atoms with Gasteiger partial charge in [0.25, 0.3) is 0 Å². The van der Waals surface area contributed by atoms with Crippen molar-refractivity contribution in [3.05, 3.63) is 0 Å². The highest BCUT2D eigenvalue weighted by Gasteiger charge is 2.35. The van der Waals surface area contributed by atoms with Crippen LogP contribution < -0.4 is 5.32 Å². The molecule has 0 radical (unpaired) electrons. The molecule has 2 heterocycles. The standard InChI is InChI=1S/C13H26N2O/c1-4-5-12-9-15(10(2)8-14-12)13-6-7-16-11(13)3/h10-14H,4-9H2,1-3H3. The van der Waals surface area contributed by atoms with Gasteiger partial charge in [0.15, 0.2) is 0 Å². The summed E-state index contributed by atoms with van der Waals surface area (Å²) in [5, 5.41) is 3.66. The Morgan fingerprint density at radius 3 is 2.81 bits per heavy atom. The highest BCUT2D eigenvalue weighted by molar-refractivity contribution is 4.91. The second-order valence-electron chi connectivity index (χ2n) is 5.37. The van der Waals surface area contributed by atoms with Gasteiger partial charge in [0.1, 0.15) is 0 Å². The molecule has 2 saturated heterocycles. The molecule has 16 heavy (non-hydrogen) atoms. The maximum Gasteiger partial charge on any atom is 0.0703 e. The second kappa shape index (κ2) is 5.48. The first-order valence-electron chi connectivity index (χ1n) is 6.83. The van der Waals surface area contributed by atoms with Crippen LogP contribution in [0.15, 0.2) is 0 Å². The summed E-state index contributed by atoms with van der Waals surface area (Å²) in [6.45, 7) is 10.1. The van der Waals surface area contributed by atoms with Crippen LogP contribution in [0, 0.1) is 0 Å². The Balaban J connectivity index is 1.95. The Kier molecular flexibility index (Phi) is 4.22. The van der Waals surface area contributed by atoms with E-state index in [-0.39, 0.29) is 0 Å². The molecule has 3 nitrogen and oxygen atoms in total. The number of hydrogen-bond acceptors (Lipinski definition) is 3. The molecule has 0 bridgehead atoms. The van der Waals surface area contributed by atoms with Crippen LogP contribution >= 0.6 is 0 Å². The Morgan fingerprint density at radius 2 is 2.19 bits per heavy atom. The molecule has 2 rings (SSSR count). The van der Waals surface area contributed by atoms with E-state index in [9.17, 15) is 0 Å². The Bertz CT molecular complexity index is 222. The zero-order valence-electron chi connectivity index (χ0n) is 10.9. The average Bonchev–Trinajstić information content (AvgIpc) is 2.68. The normalized spacial score (nSPS) is 41.4. The molecule has 2 aliphatic heterocycles. The number of ether oxygens (including phenoxy) is 1. The van der Waals surface area contributed by atoms with Gasteiger partial charge in [-0.25, -0.2) is 0 Å². The SMILES string of the molecule is CCCC1CN(C2CCOC2C)C(C)CN1. The molecule has 0 aromatic rings. The summed E-state index contributed by atoms with van der Waals surface area (Å²) < 4.78 is 5.70. The lowest BCUT2D eigenvalue weighted by Gasteiger charge is -2.43. The molecule has 4 unspecified atom stereocenters. The van der Waals surface area contributed by atoms with E-state index in [2.05, 4.69) is 31.0 Å². The molecule has 2 fully saturated rings. The van der Waals surface area contributed by atoms with Gasteiger partial charge in [0.2, 0.25) is 0 Å². The molecule has 3 heteroatoms. The molecule has 0 saturated carbocycles. The van der Waals surface area contributed by atoms with E-state index >= 15 is 0 Å². The van der Waals surface area contributed by atoms with E-state index in [1.165, 1.54) is 25.8 Å². The summed E-state index contributed by atoms with van der Waals surface area (Å²) in [6.07, 6.45) is 4.20. The van der Waals surface area contributed by atoms with Crippen molar-refractivity contribution in [1.82, 2.24) is 10.2 Å². The Labute approximate surface area is 99.5 Å². The van der Waals surface area contributed by atoms with Gasteiger partial charge in [-0.05, 0) is 26.7 Å². The molecule has 94 valence electrons. The van der Waals surface area contributed by atoms with Crippen molar-refractivity contribution in [3.63, 3.8) is 0 Å². The van der Waals surface area contributed by atoms with Crippen molar-refractivity contribution in [3.8, 4) is 0 Å². The molecule has 0 amide bonds. The van der Waals surface area contributed by atoms with Crippen molar-refractivity contribution >= 4 is 0 Å². The van der Waals surface area contributed by atoms with Gasteiger partial charge in [-0.2, -0.15) is 0 Å². The third-order valence-corrected chi connectivity index (χ3v) is 4.10. The second-order valence-corrected chi connectivity index (χ2v) is 5.37. The van der Waals surface area contributed by atoms with E-state index in [0.29, 0.717) is 24.2 Å². The number of rotatable bonds is 3. The van der Waals surface area contributed by atoms with Crippen LogP contribution in [0.2, 0.25) is 0 Å². The van der Waals surface area contributed by atoms with Gasteiger partial charge in [0, 0.05) is 37.8 Å². The van der Waals surface area contributed by atoms with Crippen LogP contribution in [0.4, 0.5) is 0 Å². The predicted octanol–water partition coefficient (Wildman–Crippen LogP) is 1.63. The maximum atomic E-state index is 5.70. The van der Waals surface area contributed by atoms with Crippen LogP contribution in [0.3, 0.4) is 0 Å². The molecule has 1 N–H and O–H groups in total. The smallest absolute Gasteiger partial charge is 0.0703 e. The van der Waals surface area contributed by atoms with Gasteiger partial charge in [-0.1, -0.05) is 13.3 Å². The molecule has 4 atom stereocenters. The molecule has 0 spiro atoms. The maximum absolute atomic E-state index is 5.70. The number of nitrogens with zero attached hydrogens (tertiary/aromatic N) is 1. The number of piperazine rings is 1. The van der Waals surface area contributed by atoms with Crippen LogP contribution in [0.25, 0.3) is 0 Å². The quantitative estimate of drug-likeness (QED) is 0.791. The third kappa shape index (κ3) is 2.58. The fourth-order valence-corrected chi connectivity index (χ4v) is 3.11. The minimum atomic E-state index is 0.419. The highest BCUT2D eigenvalue weighted by Crippen LogP contribution is 2.24. The predicted molar refractivity (Wildman–Crippen MR) is 66.7 cm³/mol. The molecule has 0 aromatic carbocycles. The summed E-state index contributed by atoms with van der Waals surface area (Å²) in [5.74, 6) is 0. The van der Waals surface area contributed by atoms with E-state index in [4.69, 9.17) is 4.74 Å². The van der Waals surface area contributed by atoms with Crippen LogP contribution in [-0.2, 0) is 4.74 Å². The van der Waals surface area contributed by atoms with Crippen molar-refractivity contribution < 1.29 is 4.74 Å². The van der Waals surface area contributed by atoms with Crippen molar-refractivity contribution in [1.29, 1.82) is 0 Å². The van der Waals surface area contributed by atoms with Crippen molar-refractivity contribution in [2.24, 2.45) is 0 Å².